The standard InChI is InChI=1S/C18H20ClN5O2/c1-10-12-4-3-5-13(19)15(12)26-14(10)17(25)22-18-21-16(23-24(18)2)11-6-8-20-9-7-11/h3-5,11,20H,6-9H2,1-2H3,(H,21,22,23,25). The van der Waals surface area contributed by atoms with Crippen molar-refractivity contribution in [1.82, 2.24) is 20.1 Å². The summed E-state index contributed by atoms with van der Waals surface area (Å²) >= 11 is 6.16. The third-order valence-electron chi connectivity index (χ3n) is 4.83. The summed E-state index contributed by atoms with van der Waals surface area (Å²) in [5.74, 6) is 1.38. The Morgan fingerprint density at radius 2 is 2.15 bits per heavy atom. The Balaban J connectivity index is 1.60. The molecule has 136 valence electrons. The van der Waals surface area contributed by atoms with Gasteiger partial charge in [-0.1, -0.05) is 23.7 Å². The molecule has 1 aliphatic rings. The Hall–Kier alpha value is -2.38. The second kappa shape index (κ2) is 6.74. The van der Waals surface area contributed by atoms with E-state index in [1.165, 1.54) is 0 Å². The van der Waals surface area contributed by atoms with Gasteiger partial charge in [0, 0.05) is 23.9 Å². The number of piperidine rings is 1. The average molecular weight is 374 g/mol. The van der Waals surface area contributed by atoms with Crippen LogP contribution in [0.15, 0.2) is 22.6 Å². The molecular formula is C18H20ClN5O2. The number of rotatable bonds is 3. The largest absolute Gasteiger partial charge is 0.449 e. The fourth-order valence-electron chi connectivity index (χ4n) is 3.35. The molecule has 0 radical (unpaired) electrons. The first-order chi connectivity index (χ1) is 12.5. The zero-order valence-corrected chi connectivity index (χ0v) is 15.4. The minimum Gasteiger partial charge on any atom is -0.449 e. The highest BCUT2D eigenvalue weighted by Gasteiger charge is 2.24. The number of para-hydroxylation sites is 1. The molecular weight excluding hydrogens is 354 g/mol. The molecule has 1 aromatic carbocycles. The summed E-state index contributed by atoms with van der Waals surface area (Å²) in [6.07, 6.45) is 2.00. The number of hydrogen-bond donors (Lipinski definition) is 2. The summed E-state index contributed by atoms with van der Waals surface area (Å²) in [6.45, 7) is 3.77. The molecule has 1 amide bonds. The van der Waals surface area contributed by atoms with E-state index in [4.69, 9.17) is 16.0 Å². The third-order valence-corrected chi connectivity index (χ3v) is 5.13. The molecule has 26 heavy (non-hydrogen) atoms. The van der Waals surface area contributed by atoms with Gasteiger partial charge in [0.25, 0.3) is 5.91 Å². The van der Waals surface area contributed by atoms with Gasteiger partial charge < -0.3 is 9.73 Å². The second-order valence-corrected chi connectivity index (χ2v) is 6.98. The Labute approximate surface area is 155 Å². The predicted octanol–water partition coefficient (Wildman–Crippen LogP) is 3.24. The fourth-order valence-corrected chi connectivity index (χ4v) is 3.56. The van der Waals surface area contributed by atoms with Crippen LogP contribution in [0.3, 0.4) is 0 Å². The Morgan fingerprint density at radius 1 is 1.38 bits per heavy atom. The number of hydrogen-bond acceptors (Lipinski definition) is 5. The van der Waals surface area contributed by atoms with E-state index in [-0.39, 0.29) is 11.7 Å². The van der Waals surface area contributed by atoms with E-state index in [0.717, 1.165) is 42.7 Å². The molecule has 1 fully saturated rings. The maximum Gasteiger partial charge on any atom is 0.294 e. The Bertz CT molecular complexity index is 972. The van der Waals surface area contributed by atoms with E-state index in [9.17, 15) is 4.79 Å². The number of benzene rings is 1. The normalized spacial score (nSPS) is 15.5. The number of aryl methyl sites for hydroxylation is 2. The molecule has 0 bridgehead atoms. The molecule has 0 saturated carbocycles. The highest BCUT2D eigenvalue weighted by atomic mass is 35.5. The van der Waals surface area contributed by atoms with E-state index in [1.54, 1.807) is 17.8 Å². The SMILES string of the molecule is Cc1c(C(=O)Nc2nc(C3CCNCC3)nn2C)oc2c(Cl)cccc12. The summed E-state index contributed by atoms with van der Waals surface area (Å²) in [5, 5.41) is 11.9. The minimum atomic E-state index is -0.359. The van der Waals surface area contributed by atoms with Crippen LogP contribution in [-0.4, -0.2) is 33.8 Å². The number of aromatic nitrogens is 3. The van der Waals surface area contributed by atoms with Crippen LogP contribution in [-0.2, 0) is 7.05 Å². The van der Waals surface area contributed by atoms with Crippen molar-refractivity contribution in [3.05, 3.63) is 40.4 Å². The first-order valence-corrected chi connectivity index (χ1v) is 9.03. The number of carbonyl (C=O) groups is 1. The first kappa shape index (κ1) is 17.1. The van der Waals surface area contributed by atoms with Crippen LogP contribution in [0.25, 0.3) is 11.0 Å². The summed E-state index contributed by atoms with van der Waals surface area (Å²) in [5.41, 5.74) is 1.27. The van der Waals surface area contributed by atoms with E-state index < -0.39 is 0 Å². The zero-order valence-electron chi connectivity index (χ0n) is 14.7. The smallest absolute Gasteiger partial charge is 0.294 e. The Kier molecular flexibility index (Phi) is 4.42. The minimum absolute atomic E-state index is 0.236. The van der Waals surface area contributed by atoms with Crippen molar-refractivity contribution in [2.24, 2.45) is 7.05 Å². The molecule has 3 heterocycles. The van der Waals surface area contributed by atoms with Crippen LogP contribution < -0.4 is 10.6 Å². The van der Waals surface area contributed by atoms with Gasteiger partial charge in [0.1, 0.15) is 0 Å². The lowest BCUT2D eigenvalue weighted by atomic mass is 9.98. The molecule has 0 aliphatic carbocycles. The third kappa shape index (κ3) is 2.97. The monoisotopic (exact) mass is 373 g/mol. The van der Waals surface area contributed by atoms with E-state index >= 15 is 0 Å². The van der Waals surface area contributed by atoms with Crippen molar-refractivity contribution >= 4 is 34.4 Å². The van der Waals surface area contributed by atoms with Gasteiger partial charge in [-0.25, -0.2) is 4.68 Å². The molecule has 0 atom stereocenters. The summed E-state index contributed by atoms with van der Waals surface area (Å²) in [7, 11) is 1.77. The first-order valence-electron chi connectivity index (χ1n) is 8.65. The van der Waals surface area contributed by atoms with E-state index in [0.29, 0.717) is 22.5 Å². The maximum absolute atomic E-state index is 12.7. The van der Waals surface area contributed by atoms with Gasteiger partial charge >= 0.3 is 0 Å². The van der Waals surface area contributed by atoms with Crippen LogP contribution in [0.4, 0.5) is 5.95 Å². The number of halogens is 1. The summed E-state index contributed by atoms with van der Waals surface area (Å²) in [4.78, 5) is 17.2. The number of furan rings is 1. The molecule has 0 unspecified atom stereocenters. The van der Waals surface area contributed by atoms with E-state index in [1.807, 2.05) is 19.1 Å². The predicted molar refractivity (Wildman–Crippen MR) is 99.8 cm³/mol. The van der Waals surface area contributed by atoms with Gasteiger partial charge in [-0.2, -0.15) is 10.1 Å². The fraction of sp³-hybridized carbons (Fsp3) is 0.389. The van der Waals surface area contributed by atoms with Crippen molar-refractivity contribution in [3.8, 4) is 0 Å². The van der Waals surface area contributed by atoms with Crippen LogP contribution in [0.5, 0.6) is 0 Å². The van der Waals surface area contributed by atoms with Crippen LogP contribution in [0, 0.1) is 6.92 Å². The molecule has 1 aliphatic heterocycles. The molecule has 2 N–H and O–H groups in total. The lowest BCUT2D eigenvalue weighted by Gasteiger charge is -2.19. The topological polar surface area (TPSA) is 85.0 Å². The van der Waals surface area contributed by atoms with Crippen molar-refractivity contribution in [2.75, 3.05) is 18.4 Å². The van der Waals surface area contributed by atoms with Gasteiger partial charge in [0.2, 0.25) is 5.95 Å². The molecule has 2 aromatic heterocycles. The molecule has 0 spiro atoms. The van der Waals surface area contributed by atoms with Gasteiger partial charge in [0.05, 0.1) is 5.02 Å². The van der Waals surface area contributed by atoms with Crippen molar-refractivity contribution in [2.45, 2.75) is 25.7 Å². The molecule has 3 aromatic rings. The summed E-state index contributed by atoms with van der Waals surface area (Å²) in [6, 6.07) is 5.46. The average Bonchev–Trinajstić information content (AvgIpc) is 3.18. The van der Waals surface area contributed by atoms with Crippen molar-refractivity contribution < 1.29 is 9.21 Å². The lowest BCUT2D eigenvalue weighted by molar-refractivity contribution is 0.0996. The molecule has 1 saturated heterocycles. The highest BCUT2D eigenvalue weighted by molar-refractivity contribution is 6.35. The molecule has 8 heteroatoms. The lowest BCUT2D eigenvalue weighted by Crippen LogP contribution is -2.27. The molecule has 4 rings (SSSR count). The Morgan fingerprint density at radius 3 is 2.88 bits per heavy atom. The van der Waals surface area contributed by atoms with Gasteiger partial charge in [-0.3, -0.25) is 10.1 Å². The van der Waals surface area contributed by atoms with Gasteiger partial charge in [-0.05, 0) is 38.9 Å². The van der Waals surface area contributed by atoms with Gasteiger partial charge in [0.15, 0.2) is 17.2 Å². The number of fused-ring (bicyclic) bond motifs is 1. The second-order valence-electron chi connectivity index (χ2n) is 6.57. The van der Waals surface area contributed by atoms with E-state index in [2.05, 4.69) is 20.7 Å². The number of nitrogens with one attached hydrogen (secondary N) is 2. The zero-order chi connectivity index (χ0) is 18.3. The summed E-state index contributed by atoms with van der Waals surface area (Å²) < 4.78 is 7.31. The molecule has 7 nitrogen and oxygen atoms in total. The number of carbonyl (C=O) groups excluding carboxylic acids is 1. The highest BCUT2D eigenvalue weighted by Crippen LogP contribution is 2.31. The van der Waals surface area contributed by atoms with Crippen molar-refractivity contribution in [1.29, 1.82) is 0 Å². The quantitative estimate of drug-likeness (QED) is 0.736. The van der Waals surface area contributed by atoms with Crippen LogP contribution in [0.2, 0.25) is 5.02 Å². The number of amides is 1. The maximum atomic E-state index is 12.7. The number of anilines is 1. The van der Waals surface area contributed by atoms with Crippen LogP contribution >= 0.6 is 11.6 Å². The number of nitrogens with zero attached hydrogens (tertiary/aromatic N) is 3. The van der Waals surface area contributed by atoms with Gasteiger partial charge in [-0.15, -0.1) is 0 Å². The van der Waals surface area contributed by atoms with Crippen LogP contribution in [0.1, 0.15) is 40.7 Å². The van der Waals surface area contributed by atoms with Crippen molar-refractivity contribution in [3.63, 3.8) is 0 Å².